The Kier molecular flexibility index (Phi) is 3.29. The molecular formula is C12H6BrClIN3. The van der Waals surface area contributed by atoms with Gasteiger partial charge in [-0.05, 0) is 56.2 Å². The maximum Gasteiger partial charge on any atom is 0.222 e. The van der Waals surface area contributed by atoms with Crippen molar-refractivity contribution in [1.82, 2.24) is 15.0 Å². The molecule has 0 saturated carbocycles. The molecule has 0 aliphatic heterocycles. The molecule has 1 N–H and O–H groups in total. The van der Waals surface area contributed by atoms with E-state index in [0.29, 0.717) is 0 Å². The second-order valence-electron chi connectivity index (χ2n) is 3.70. The maximum absolute atomic E-state index is 5.89. The van der Waals surface area contributed by atoms with Gasteiger partial charge in [-0.25, -0.2) is 9.97 Å². The predicted octanol–water partition coefficient (Wildman–Crippen LogP) is 4.65. The first kappa shape index (κ1) is 12.4. The molecule has 3 rings (SSSR count). The highest BCUT2D eigenvalue weighted by Gasteiger charge is 2.16. The Bertz CT molecular complexity index is 741. The number of H-pyrrole nitrogens is 1. The van der Waals surface area contributed by atoms with Crippen molar-refractivity contribution >= 4 is 61.0 Å². The van der Waals surface area contributed by atoms with Crippen LogP contribution < -0.4 is 0 Å². The van der Waals surface area contributed by atoms with E-state index < -0.39 is 0 Å². The number of nitrogens with one attached hydrogen (secondary N) is 1. The number of nitrogens with zero attached hydrogens (tertiary/aromatic N) is 2. The van der Waals surface area contributed by atoms with E-state index in [9.17, 15) is 0 Å². The van der Waals surface area contributed by atoms with Crippen LogP contribution in [0.5, 0.6) is 0 Å². The fourth-order valence-electron chi connectivity index (χ4n) is 1.86. The number of aromatic amines is 1. The van der Waals surface area contributed by atoms with Gasteiger partial charge in [0, 0.05) is 22.7 Å². The highest BCUT2D eigenvalue weighted by Crippen LogP contribution is 2.36. The van der Waals surface area contributed by atoms with Crippen LogP contribution in [-0.2, 0) is 0 Å². The summed E-state index contributed by atoms with van der Waals surface area (Å²) < 4.78 is 1.86. The molecule has 1 aromatic carbocycles. The number of fused-ring (bicyclic) bond motifs is 1. The fourth-order valence-corrected chi connectivity index (χ4v) is 3.14. The van der Waals surface area contributed by atoms with Crippen LogP contribution in [0.1, 0.15) is 0 Å². The Morgan fingerprint density at radius 1 is 1.28 bits per heavy atom. The standard InChI is InChI=1S/C12H6BrClIN3/c13-11-9(6-3-1-2-4-8(6)17-11)10-7(15)5-16-12(14)18-10/h1-5,17H. The van der Waals surface area contributed by atoms with Gasteiger partial charge in [-0.3, -0.25) is 0 Å². The summed E-state index contributed by atoms with van der Waals surface area (Å²) in [6.07, 6.45) is 1.72. The van der Waals surface area contributed by atoms with Gasteiger partial charge in [0.1, 0.15) is 0 Å². The smallest absolute Gasteiger partial charge is 0.222 e. The van der Waals surface area contributed by atoms with Gasteiger partial charge in [0.2, 0.25) is 5.28 Å². The average Bonchev–Trinajstić information content (AvgIpc) is 2.68. The Morgan fingerprint density at radius 2 is 2.06 bits per heavy atom. The van der Waals surface area contributed by atoms with Crippen molar-refractivity contribution in [1.29, 1.82) is 0 Å². The quantitative estimate of drug-likeness (QED) is 0.448. The molecule has 3 nitrogen and oxygen atoms in total. The Hall–Kier alpha value is -0.660. The molecule has 6 heteroatoms. The van der Waals surface area contributed by atoms with Gasteiger partial charge in [-0.15, -0.1) is 0 Å². The van der Waals surface area contributed by atoms with Crippen molar-refractivity contribution < 1.29 is 0 Å². The number of hydrogen-bond donors (Lipinski definition) is 1. The monoisotopic (exact) mass is 433 g/mol. The molecule has 0 aliphatic carbocycles. The van der Waals surface area contributed by atoms with Gasteiger partial charge in [0.05, 0.1) is 13.9 Å². The zero-order valence-electron chi connectivity index (χ0n) is 8.92. The van der Waals surface area contributed by atoms with Crippen molar-refractivity contribution in [3.05, 3.63) is 43.9 Å². The summed E-state index contributed by atoms with van der Waals surface area (Å²) in [7, 11) is 0. The molecule has 0 saturated heterocycles. The summed E-state index contributed by atoms with van der Waals surface area (Å²) >= 11 is 11.6. The van der Waals surface area contributed by atoms with Crippen molar-refractivity contribution in [2.45, 2.75) is 0 Å². The van der Waals surface area contributed by atoms with E-state index in [-0.39, 0.29) is 5.28 Å². The number of rotatable bonds is 1. The molecule has 0 fully saturated rings. The number of para-hydroxylation sites is 1. The molecule has 2 aromatic heterocycles. The lowest BCUT2D eigenvalue weighted by Crippen LogP contribution is -1.91. The normalized spacial score (nSPS) is 11.1. The molecular weight excluding hydrogens is 428 g/mol. The van der Waals surface area contributed by atoms with Gasteiger partial charge >= 0.3 is 0 Å². The first-order valence-electron chi connectivity index (χ1n) is 5.11. The summed E-state index contributed by atoms with van der Waals surface area (Å²) in [4.78, 5) is 11.6. The van der Waals surface area contributed by atoms with E-state index in [4.69, 9.17) is 11.6 Å². The van der Waals surface area contributed by atoms with E-state index >= 15 is 0 Å². The largest absolute Gasteiger partial charge is 0.349 e. The summed E-state index contributed by atoms with van der Waals surface area (Å²) in [5, 5.41) is 1.36. The third-order valence-corrected chi connectivity index (χ3v) is 4.18. The maximum atomic E-state index is 5.89. The third-order valence-electron chi connectivity index (χ3n) is 2.61. The summed E-state index contributed by atoms with van der Waals surface area (Å²) in [6, 6.07) is 8.08. The summed E-state index contributed by atoms with van der Waals surface area (Å²) in [5.74, 6) is 0. The third kappa shape index (κ3) is 2.04. The van der Waals surface area contributed by atoms with Crippen molar-refractivity contribution in [3.63, 3.8) is 0 Å². The lowest BCUT2D eigenvalue weighted by molar-refractivity contribution is 1.15. The Balaban J connectivity index is 2.37. The van der Waals surface area contributed by atoms with Crippen LogP contribution in [0.15, 0.2) is 35.1 Å². The first-order valence-corrected chi connectivity index (χ1v) is 7.36. The first-order chi connectivity index (χ1) is 8.66. The zero-order chi connectivity index (χ0) is 12.7. The topological polar surface area (TPSA) is 41.6 Å². The Labute approximate surface area is 130 Å². The van der Waals surface area contributed by atoms with E-state index in [2.05, 4.69) is 59.5 Å². The minimum absolute atomic E-state index is 0.252. The number of benzene rings is 1. The van der Waals surface area contributed by atoms with Gasteiger partial charge in [-0.2, -0.15) is 0 Å². The van der Waals surface area contributed by atoms with Crippen LogP contribution in [0.2, 0.25) is 5.28 Å². The van der Waals surface area contributed by atoms with E-state index in [1.807, 2.05) is 18.2 Å². The van der Waals surface area contributed by atoms with E-state index in [0.717, 1.165) is 30.3 Å². The number of halogens is 3. The van der Waals surface area contributed by atoms with Crippen molar-refractivity contribution in [2.75, 3.05) is 0 Å². The highest BCUT2D eigenvalue weighted by atomic mass is 127. The summed E-state index contributed by atoms with van der Waals surface area (Å²) in [5.41, 5.74) is 2.91. The average molecular weight is 434 g/mol. The molecule has 0 aliphatic rings. The minimum atomic E-state index is 0.252. The molecule has 0 radical (unpaired) electrons. The second kappa shape index (κ2) is 4.79. The molecule has 0 bridgehead atoms. The molecule has 3 aromatic rings. The fraction of sp³-hybridized carbons (Fsp3) is 0. The van der Waals surface area contributed by atoms with Crippen molar-refractivity contribution in [3.8, 4) is 11.3 Å². The SMILES string of the molecule is Clc1ncc(I)c(-c2c(Br)[nH]c3ccccc23)n1. The second-order valence-corrected chi connectivity index (χ2v) is 5.99. The minimum Gasteiger partial charge on any atom is -0.349 e. The summed E-state index contributed by atoms with van der Waals surface area (Å²) in [6.45, 7) is 0. The lowest BCUT2D eigenvalue weighted by Gasteiger charge is -2.03. The zero-order valence-corrected chi connectivity index (χ0v) is 13.4. The highest BCUT2D eigenvalue weighted by molar-refractivity contribution is 14.1. The lowest BCUT2D eigenvalue weighted by atomic mass is 10.1. The van der Waals surface area contributed by atoms with Crippen LogP contribution in [0.4, 0.5) is 0 Å². The molecule has 2 heterocycles. The van der Waals surface area contributed by atoms with Gasteiger partial charge < -0.3 is 4.98 Å². The molecule has 0 unspecified atom stereocenters. The number of hydrogen-bond acceptors (Lipinski definition) is 2. The molecule has 0 spiro atoms. The molecule has 18 heavy (non-hydrogen) atoms. The van der Waals surface area contributed by atoms with Crippen LogP contribution in [0.3, 0.4) is 0 Å². The number of aromatic nitrogens is 3. The van der Waals surface area contributed by atoms with Crippen LogP contribution >= 0.6 is 50.1 Å². The molecule has 90 valence electrons. The van der Waals surface area contributed by atoms with E-state index in [1.165, 1.54) is 0 Å². The van der Waals surface area contributed by atoms with Gasteiger partial charge in [0.25, 0.3) is 0 Å². The van der Waals surface area contributed by atoms with E-state index in [1.54, 1.807) is 6.20 Å². The van der Waals surface area contributed by atoms with Crippen LogP contribution in [-0.4, -0.2) is 15.0 Å². The van der Waals surface area contributed by atoms with Crippen molar-refractivity contribution in [2.24, 2.45) is 0 Å². The van der Waals surface area contributed by atoms with Crippen LogP contribution in [0, 0.1) is 3.57 Å². The molecule has 0 atom stereocenters. The van der Waals surface area contributed by atoms with Gasteiger partial charge in [0.15, 0.2) is 0 Å². The van der Waals surface area contributed by atoms with Gasteiger partial charge in [-0.1, -0.05) is 18.2 Å². The molecule has 0 amide bonds. The van der Waals surface area contributed by atoms with Crippen LogP contribution in [0.25, 0.3) is 22.2 Å². The Morgan fingerprint density at radius 3 is 2.89 bits per heavy atom. The predicted molar refractivity (Wildman–Crippen MR) is 84.8 cm³/mol.